The van der Waals surface area contributed by atoms with Crippen LogP contribution in [-0.4, -0.2) is 27.8 Å². The van der Waals surface area contributed by atoms with Crippen LogP contribution in [0.2, 0.25) is 0 Å². The first kappa shape index (κ1) is 14.2. The average Bonchev–Trinajstić information content (AvgIpc) is 2.95. The number of hydrogen-bond donors (Lipinski definition) is 2. The molecule has 6 heteroatoms. The van der Waals surface area contributed by atoms with Gasteiger partial charge in [-0.2, -0.15) is 0 Å². The molecule has 1 heterocycles. The summed E-state index contributed by atoms with van der Waals surface area (Å²) in [6.07, 6.45) is 1.35. The van der Waals surface area contributed by atoms with Crippen molar-refractivity contribution >= 4 is 5.97 Å². The lowest BCUT2D eigenvalue weighted by Crippen LogP contribution is -2.11. The molecular formula is C14H18N4O2. The summed E-state index contributed by atoms with van der Waals surface area (Å²) in [6.45, 7) is 2.05. The molecule has 0 spiro atoms. The number of carbonyl (C=O) groups is 1. The van der Waals surface area contributed by atoms with Gasteiger partial charge >= 0.3 is 5.97 Å². The van der Waals surface area contributed by atoms with Gasteiger partial charge in [-0.3, -0.25) is 5.10 Å². The van der Waals surface area contributed by atoms with Gasteiger partial charge in [0.2, 0.25) is 0 Å². The van der Waals surface area contributed by atoms with Gasteiger partial charge in [0.05, 0.1) is 6.61 Å². The van der Waals surface area contributed by atoms with Crippen molar-refractivity contribution in [2.24, 2.45) is 5.73 Å². The number of benzene rings is 1. The van der Waals surface area contributed by atoms with Gasteiger partial charge < -0.3 is 10.5 Å². The Balaban J connectivity index is 1.90. The van der Waals surface area contributed by atoms with Gasteiger partial charge in [0.1, 0.15) is 5.82 Å². The highest BCUT2D eigenvalue weighted by molar-refractivity contribution is 5.84. The minimum atomic E-state index is -0.512. The molecule has 3 N–H and O–H groups in total. The Morgan fingerprint density at radius 2 is 2.15 bits per heavy atom. The maximum atomic E-state index is 11.4. The van der Waals surface area contributed by atoms with E-state index >= 15 is 0 Å². The minimum absolute atomic E-state index is 0.0626. The molecule has 0 aliphatic rings. The summed E-state index contributed by atoms with van der Waals surface area (Å²) in [4.78, 5) is 15.5. The van der Waals surface area contributed by atoms with E-state index in [1.165, 1.54) is 0 Å². The van der Waals surface area contributed by atoms with Gasteiger partial charge in [-0.15, -0.1) is 5.10 Å². The number of ether oxygens (including phenoxy) is 1. The highest BCUT2D eigenvalue weighted by Crippen LogP contribution is 2.15. The number of aromatic amines is 1. The largest absolute Gasteiger partial charge is 0.460 e. The van der Waals surface area contributed by atoms with E-state index in [0.29, 0.717) is 18.9 Å². The van der Waals surface area contributed by atoms with Gasteiger partial charge in [-0.1, -0.05) is 30.3 Å². The maximum Gasteiger partial charge on any atom is 0.378 e. The number of aromatic nitrogens is 3. The molecule has 1 aromatic heterocycles. The molecule has 2 rings (SSSR count). The number of nitrogens with one attached hydrogen (secondary N) is 1. The Morgan fingerprint density at radius 1 is 1.40 bits per heavy atom. The third kappa shape index (κ3) is 3.64. The fourth-order valence-corrected chi connectivity index (χ4v) is 1.85. The fraction of sp³-hybridized carbons (Fsp3) is 0.357. The van der Waals surface area contributed by atoms with E-state index in [0.717, 1.165) is 12.0 Å². The van der Waals surface area contributed by atoms with Crippen molar-refractivity contribution in [3.63, 3.8) is 0 Å². The standard InChI is InChI=1S/C14H18N4O2/c1-2-20-14(19)13-16-12(17-18-13)9-8-11(15)10-6-4-3-5-7-10/h3-7,11H,2,8-9,15H2,1H3,(H,16,17,18). The zero-order chi connectivity index (χ0) is 14.4. The van der Waals surface area contributed by atoms with Crippen LogP contribution in [-0.2, 0) is 11.2 Å². The summed E-state index contributed by atoms with van der Waals surface area (Å²) in [6, 6.07) is 9.81. The second kappa shape index (κ2) is 6.81. The summed E-state index contributed by atoms with van der Waals surface area (Å²) in [5.41, 5.74) is 7.18. The molecule has 2 aromatic rings. The summed E-state index contributed by atoms with van der Waals surface area (Å²) >= 11 is 0. The highest BCUT2D eigenvalue weighted by Gasteiger charge is 2.14. The molecule has 0 aliphatic carbocycles. The van der Waals surface area contributed by atoms with Crippen molar-refractivity contribution in [3.8, 4) is 0 Å². The topological polar surface area (TPSA) is 93.9 Å². The van der Waals surface area contributed by atoms with Crippen molar-refractivity contribution in [1.82, 2.24) is 15.2 Å². The van der Waals surface area contributed by atoms with Gasteiger partial charge in [0, 0.05) is 12.5 Å². The molecule has 0 radical (unpaired) electrons. The number of H-pyrrole nitrogens is 1. The normalized spacial score (nSPS) is 12.1. The van der Waals surface area contributed by atoms with E-state index < -0.39 is 5.97 Å². The van der Waals surface area contributed by atoms with Crippen LogP contribution in [0, 0.1) is 0 Å². The molecular weight excluding hydrogens is 256 g/mol. The number of nitrogens with zero attached hydrogens (tertiary/aromatic N) is 2. The molecule has 1 atom stereocenters. The van der Waals surface area contributed by atoms with E-state index in [1.807, 2.05) is 30.3 Å². The molecule has 0 bridgehead atoms. The fourth-order valence-electron chi connectivity index (χ4n) is 1.85. The van der Waals surface area contributed by atoms with Crippen LogP contribution in [0.1, 0.15) is 41.4 Å². The molecule has 0 saturated heterocycles. The number of esters is 1. The highest BCUT2D eigenvalue weighted by atomic mass is 16.5. The molecule has 0 saturated carbocycles. The van der Waals surface area contributed by atoms with Crippen LogP contribution in [0.15, 0.2) is 30.3 Å². The third-order valence-corrected chi connectivity index (χ3v) is 2.91. The van der Waals surface area contributed by atoms with Crippen molar-refractivity contribution in [2.45, 2.75) is 25.8 Å². The van der Waals surface area contributed by atoms with Crippen LogP contribution in [0.5, 0.6) is 0 Å². The van der Waals surface area contributed by atoms with Crippen LogP contribution in [0.4, 0.5) is 0 Å². The van der Waals surface area contributed by atoms with Crippen molar-refractivity contribution in [1.29, 1.82) is 0 Å². The average molecular weight is 274 g/mol. The van der Waals surface area contributed by atoms with Crippen LogP contribution in [0.3, 0.4) is 0 Å². The SMILES string of the molecule is CCOC(=O)c1n[nH]c(CCC(N)c2ccccc2)n1. The van der Waals surface area contributed by atoms with E-state index in [2.05, 4.69) is 15.2 Å². The summed E-state index contributed by atoms with van der Waals surface area (Å²) < 4.78 is 4.83. The lowest BCUT2D eigenvalue weighted by molar-refractivity contribution is 0.0512. The predicted octanol–water partition coefficient (Wildman–Crippen LogP) is 1.61. The number of nitrogens with two attached hydrogens (primary N) is 1. The number of hydrogen-bond acceptors (Lipinski definition) is 5. The first-order valence-corrected chi connectivity index (χ1v) is 6.59. The van der Waals surface area contributed by atoms with Crippen molar-refractivity contribution in [3.05, 3.63) is 47.5 Å². The Labute approximate surface area is 117 Å². The summed E-state index contributed by atoms with van der Waals surface area (Å²) in [7, 11) is 0. The van der Waals surface area contributed by atoms with Gasteiger partial charge in [-0.25, -0.2) is 9.78 Å². The van der Waals surface area contributed by atoms with Gasteiger partial charge in [0.25, 0.3) is 5.82 Å². The van der Waals surface area contributed by atoms with Crippen LogP contribution in [0.25, 0.3) is 0 Å². The Bertz CT molecular complexity index is 553. The zero-order valence-electron chi connectivity index (χ0n) is 11.4. The number of rotatable bonds is 6. The Hall–Kier alpha value is -2.21. The molecule has 1 aromatic carbocycles. The molecule has 20 heavy (non-hydrogen) atoms. The lowest BCUT2D eigenvalue weighted by atomic mass is 10.0. The zero-order valence-corrected chi connectivity index (χ0v) is 11.4. The molecule has 106 valence electrons. The van der Waals surface area contributed by atoms with E-state index in [9.17, 15) is 4.79 Å². The van der Waals surface area contributed by atoms with Gasteiger partial charge in [-0.05, 0) is 18.9 Å². The van der Waals surface area contributed by atoms with Crippen molar-refractivity contribution in [2.75, 3.05) is 6.61 Å². The van der Waals surface area contributed by atoms with Crippen molar-refractivity contribution < 1.29 is 9.53 Å². The minimum Gasteiger partial charge on any atom is -0.460 e. The predicted molar refractivity (Wildman–Crippen MR) is 74.0 cm³/mol. The first-order valence-electron chi connectivity index (χ1n) is 6.59. The molecule has 0 fully saturated rings. The van der Waals surface area contributed by atoms with E-state index in [4.69, 9.17) is 10.5 Å². The summed E-state index contributed by atoms with van der Waals surface area (Å²) in [5.74, 6) is 0.192. The Kier molecular flexibility index (Phi) is 4.84. The molecule has 0 amide bonds. The first-order chi connectivity index (χ1) is 9.70. The third-order valence-electron chi connectivity index (χ3n) is 2.91. The monoisotopic (exact) mass is 274 g/mol. The van der Waals surface area contributed by atoms with E-state index in [-0.39, 0.29) is 11.9 Å². The Morgan fingerprint density at radius 3 is 2.85 bits per heavy atom. The smallest absolute Gasteiger partial charge is 0.378 e. The van der Waals surface area contributed by atoms with Gasteiger partial charge in [0.15, 0.2) is 0 Å². The maximum absolute atomic E-state index is 11.4. The van der Waals surface area contributed by atoms with Crippen LogP contribution >= 0.6 is 0 Å². The second-order valence-corrected chi connectivity index (χ2v) is 4.38. The lowest BCUT2D eigenvalue weighted by Gasteiger charge is -2.10. The second-order valence-electron chi connectivity index (χ2n) is 4.38. The number of aryl methyl sites for hydroxylation is 1. The number of carbonyl (C=O) groups excluding carboxylic acids is 1. The molecule has 0 aliphatic heterocycles. The van der Waals surface area contributed by atoms with Crippen LogP contribution < -0.4 is 5.73 Å². The molecule has 1 unspecified atom stereocenters. The molecule has 6 nitrogen and oxygen atoms in total. The summed E-state index contributed by atoms with van der Waals surface area (Å²) in [5, 5.41) is 6.57. The van der Waals surface area contributed by atoms with E-state index in [1.54, 1.807) is 6.92 Å². The quantitative estimate of drug-likeness (QED) is 0.780.